The van der Waals surface area contributed by atoms with E-state index < -0.39 is 0 Å². The monoisotopic (exact) mass is 364 g/mol. The van der Waals surface area contributed by atoms with E-state index in [1.807, 2.05) is 28.8 Å². The lowest BCUT2D eigenvalue weighted by Gasteiger charge is -2.33. The summed E-state index contributed by atoms with van der Waals surface area (Å²) in [5, 5.41) is 0. The van der Waals surface area contributed by atoms with Crippen molar-refractivity contribution in [3.63, 3.8) is 0 Å². The molecule has 1 aliphatic heterocycles. The molecule has 0 atom stereocenters. The van der Waals surface area contributed by atoms with E-state index in [-0.39, 0.29) is 5.69 Å². The third kappa shape index (κ3) is 3.93. The van der Waals surface area contributed by atoms with Gasteiger partial charge in [-0.1, -0.05) is 30.3 Å². The summed E-state index contributed by atoms with van der Waals surface area (Å²) in [6.45, 7) is 4.30. The lowest BCUT2D eigenvalue weighted by Crippen LogP contribution is -2.38. The largest absolute Gasteiger partial charge is 0.375 e. The molecule has 0 saturated carbocycles. The van der Waals surface area contributed by atoms with Crippen molar-refractivity contribution >= 4 is 16.7 Å². The second kappa shape index (κ2) is 8.01. The van der Waals surface area contributed by atoms with Crippen LogP contribution < -0.4 is 10.6 Å². The lowest BCUT2D eigenvalue weighted by molar-refractivity contribution is 0.186. The van der Waals surface area contributed by atoms with Crippen LogP contribution in [0.3, 0.4) is 0 Å². The van der Waals surface area contributed by atoms with Gasteiger partial charge in [-0.15, -0.1) is 0 Å². The zero-order valence-corrected chi connectivity index (χ0v) is 16.0. The number of rotatable bonds is 6. The Hall–Kier alpha value is -2.53. The highest BCUT2D eigenvalue weighted by Gasteiger charge is 2.23. The molecule has 2 aromatic carbocycles. The predicted octanol–water partition coefficient (Wildman–Crippen LogP) is 3.49. The number of aromatic amines is 1. The molecule has 0 aliphatic carbocycles. The molecule has 1 aliphatic rings. The van der Waals surface area contributed by atoms with Crippen LogP contribution in [0, 0.1) is 0 Å². The van der Waals surface area contributed by atoms with Crippen LogP contribution in [-0.2, 0) is 0 Å². The first-order valence-corrected chi connectivity index (χ1v) is 9.90. The molecule has 0 unspecified atom stereocenters. The minimum atomic E-state index is 0.0270. The Labute approximate surface area is 160 Å². The minimum Gasteiger partial charge on any atom is -0.375 e. The number of nitrogens with zero attached hydrogens (tertiary/aromatic N) is 3. The van der Waals surface area contributed by atoms with Gasteiger partial charge in [0.05, 0.1) is 11.0 Å². The second-order valence-electron chi connectivity index (χ2n) is 7.50. The Kier molecular flexibility index (Phi) is 5.30. The number of aromatic nitrogens is 2. The van der Waals surface area contributed by atoms with Crippen molar-refractivity contribution < 1.29 is 0 Å². The molecule has 0 spiro atoms. The summed E-state index contributed by atoms with van der Waals surface area (Å²) < 4.78 is 1.97. The fourth-order valence-electron chi connectivity index (χ4n) is 4.18. The molecule has 27 heavy (non-hydrogen) atoms. The first-order valence-electron chi connectivity index (χ1n) is 9.90. The quantitative estimate of drug-likeness (QED) is 0.728. The zero-order valence-electron chi connectivity index (χ0n) is 16.0. The number of H-pyrrole nitrogens is 1. The van der Waals surface area contributed by atoms with Crippen molar-refractivity contribution in [3.05, 3.63) is 65.1 Å². The van der Waals surface area contributed by atoms with Crippen LogP contribution in [0.5, 0.6) is 0 Å². The topological polar surface area (TPSA) is 44.3 Å². The van der Waals surface area contributed by atoms with Gasteiger partial charge >= 0.3 is 5.69 Å². The molecule has 5 nitrogen and oxygen atoms in total. The van der Waals surface area contributed by atoms with Crippen LogP contribution >= 0.6 is 0 Å². The zero-order chi connectivity index (χ0) is 18.6. The lowest BCUT2D eigenvalue weighted by atomic mass is 10.0. The van der Waals surface area contributed by atoms with E-state index >= 15 is 0 Å². The molecule has 5 heteroatoms. The van der Waals surface area contributed by atoms with E-state index in [2.05, 4.69) is 52.2 Å². The Balaban J connectivity index is 1.29. The molecule has 2 heterocycles. The molecule has 1 fully saturated rings. The van der Waals surface area contributed by atoms with Gasteiger partial charge in [0.1, 0.15) is 0 Å². The molecular weight excluding hydrogens is 336 g/mol. The molecule has 142 valence electrons. The van der Waals surface area contributed by atoms with Crippen LogP contribution in [0.2, 0.25) is 0 Å². The van der Waals surface area contributed by atoms with Crippen LogP contribution in [0.15, 0.2) is 59.4 Å². The number of likely N-dealkylation sites (tertiary alicyclic amines) is 1. The van der Waals surface area contributed by atoms with E-state index in [1.165, 1.54) is 5.69 Å². The van der Waals surface area contributed by atoms with Crippen LogP contribution in [0.25, 0.3) is 11.0 Å². The SMILES string of the molecule is CN(CCCN1CCC(n2c(=O)[nH]c3ccccc32)CC1)c1ccccc1. The maximum atomic E-state index is 12.4. The van der Waals surface area contributed by atoms with Gasteiger partial charge in [0.25, 0.3) is 0 Å². The molecule has 1 N–H and O–H groups in total. The maximum absolute atomic E-state index is 12.4. The van der Waals surface area contributed by atoms with Gasteiger partial charge in [0.2, 0.25) is 0 Å². The molecule has 3 aromatic rings. The number of benzene rings is 2. The Morgan fingerprint density at radius 1 is 1.04 bits per heavy atom. The summed E-state index contributed by atoms with van der Waals surface area (Å²) in [5.74, 6) is 0. The Bertz CT molecular complexity index is 922. The van der Waals surface area contributed by atoms with Crippen molar-refractivity contribution in [1.29, 1.82) is 0 Å². The van der Waals surface area contributed by atoms with Gasteiger partial charge in [-0.05, 0) is 50.1 Å². The van der Waals surface area contributed by atoms with Gasteiger partial charge in [0.15, 0.2) is 0 Å². The molecular formula is C22H28N4O. The first kappa shape index (κ1) is 17.9. The summed E-state index contributed by atoms with van der Waals surface area (Å²) in [6, 6.07) is 18.8. The summed E-state index contributed by atoms with van der Waals surface area (Å²) >= 11 is 0. The van der Waals surface area contributed by atoms with Gasteiger partial charge < -0.3 is 14.8 Å². The highest BCUT2D eigenvalue weighted by Crippen LogP contribution is 2.24. The maximum Gasteiger partial charge on any atom is 0.326 e. The van der Waals surface area contributed by atoms with Crippen molar-refractivity contribution in [1.82, 2.24) is 14.5 Å². The average Bonchev–Trinajstić information content (AvgIpc) is 3.05. The van der Waals surface area contributed by atoms with E-state index in [4.69, 9.17) is 0 Å². The Morgan fingerprint density at radius 2 is 1.74 bits per heavy atom. The standard InChI is InChI=1S/C22H28N4O/c1-24(18-8-3-2-4-9-18)14-7-15-25-16-12-19(13-17-25)26-21-11-6-5-10-20(21)23-22(26)27/h2-6,8-11,19H,7,12-17H2,1H3,(H,23,27). The number of hydrogen-bond acceptors (Lipinski definition) is 3. The summed E-state index contributed by atoms with van der Waals surface area (Å²) in [6.07, 6.45) is 3.23. The fourth-order valence-corrected chi connectivity index (χ4v) is 4.18. The minimum absolute atomic E-state index is 0.0270. The number of hydrogen-bond donors (Lipinski definition) is 1. The molecule has 0 radical (unpaired) electrons. The molecule has 0 bridgehead atoms. The van der Waals surface area contributed by atoms with E-state index in [1.54, 1.807) is 0 Å². The first-order chi connectivity index (χ1) is 13.2. The van der Waals surface area contributed by atoms with Gasteiger partial charge in [-0.2, -0.15) is 0 Å². The highest BCUT2D eigenvalue weighted by atomic mass is 16.1. The van der Waals surface area contributed by atoms with Gasteiger partial charge in [-0.3, -0.25) is 4.57 Å². The molecule has 4 rings (SSSR count). The number of nitrogens with one attached hydrogen (secondary N) is 1. The van der Waals surface area contributed by atoms with Crippen LogP contribution in [-0.4, -0.2) is 47.7 Å². The molecule has 1 saturated heterocycles. The number of fused-ring (bicyclic) bond motifs is 1. The summed E-state index contributed by atoms with van der Waals surface area (Å²) in [7, 11) is 2.16. The fraction of sp³-hybridized carbons (Fsp3) is 0.409. The van der Waals surface area contributed by atoms with Crippen LogP contribution in [0.4, 0.5) is 5.69 Å². The third-order valence-electron chi connectivity index (χ3n) is 5.71. The predicted molar refractivity (Wildman–Crippen MR) is 112 cm³/mol. The smallest absolute Gasteiger partial charge is 0.326 e. The van der Waals surface area contributed by atoms with Gasteiger partial charge in [-0.25, -0.2) is 4.79 Å². The average molecular weight is 364 g/mol. The second-order valence-corrected chi connectivity index (χ2v) is 7.50. The number of para-hydroxylation sites is 3. The van der Waals surface area contributed by atoms with Crippen LogP contribution in [0.1, 0.15) is 25.3 Å². The van der Waals surface area contributed by atoms with Gasteiger partial charge in [0, 0.05) is 38.4 Å². The molecule has 0 amide bonds. The molecule has 1 aromatic heterocycles. The Morgan fingerprint density at radius 3 is 2.52 bits per heavy atom. The van der Waals surface area contributed by atoms with E-state index in [0.717, 1.165) is 56.5 Å². The van der Waals surface area contributed by atoms with E-state index in [0.29, 0.717) is 6.04 Å². The summed E-state index contributed by atoms with van der Waals surface area (Å²) in [5.41, 5.74) is 3.27. The number of imidazole rings is 1. The highest BCUT2D eigenvalue weighted by molar-refractivity contribution is 5.75. The van der Waals surface area contributed by atoms with Crippen molar-refractivity contribution in [2.24, 2.45) is 0 Å². The van der Waals surface area contributed by atoms with Crippen molar-refractivity contribution in [2.45, 2.75) is 25.3 Å². The summed E-state index contributed by atoms with van der Waals surface area (Å²) in [4.78, 5) is 20.2. The van der Waals surface area contributed by atoms with Crippen molar-refractivity contribution in [3.8, 4) is 0 Å². The number of anilines is 1. The normalized spacial score (nSPS) is 16.0. The van der Waals surface area contributed by atoms with Crippen molar-refractivity contribution in [2.75, 3.05) is 38.1 Å². The number of piperidine rings is 1. The third-order valence-corrected chi connectivity index (χ3v) is 5.71. The van der Waals surface area contributed by atoms with E-state index in [9.17, 15) is 4.79 Å².